The summed E-state index contributed by atoms with van der Waals surface area (Å²) in [4.78, 5) is 4.54. The van der Waals surface area contributed by atoms with Crippen LogP contribution >= 0.6 is 43.5 Å². The van der Waals surface area contributed by atoms with Gasteiger partial charge in [0.1, 0.15) is 0 Å². The molecule has 0 unspecified atom stereocenters. The zero-order valence-corrected chi connectivity index (χ0v) is 12.2. The Labute approximate surface area is 110 Å². The fourth-order valence-corrected chi connectivity index (χ4v) is 2.71. The summed E-state index contributed by atoms with van der Waals surface area (Å²) in [7, 11) is 0. The van der Waals surface area contributed by atoms with Crippen LogP contribution in [0.15, 0.2) is 21.1 Å². The number of rotatable bonds is 0. The number of hydrogen-bond donors (Lipinski definition) is 0. The van der Waals surface area contributed by atoms with Gasteiger partial charge >= 0.3 is 0 Å². The molecule has 0 atom stereocenters. The van der Waals surface area contributed by atoms with E-state index in [4.69, 9.17) is 11.6 Å². The number of nitrogens with zero attached hydrogens (tertiary/aromatic N) is 1. The molecule has 2 rings (SSSR count). The van der Waals surface area contributed by atoms with Crippen molar-refractivity contribution >= 4 is 54.4 Å². The molecule has 0 aliphatic heterocycles. The maximum atomic E-state index is 6.02. The normalized spacial score (nSPS) is 11.0. The van der Waals surface area contributed by atoms with Gasteiger partial charge in [-0.1, -0.05) is 11.6 Å². The molecule has 1 aromatic heterocycles. The van der Waals surface area contributed by atoms with E-state index in [1.165, 1.54) is 0 Å². The summed E-state index contributed by atoms with van der Waals surface area (Å²) in [6.45, 7) is 3.99. The molecule has 0 aliphatic rings. The molecule has 1 nitrogen and oxygen atoms in total. The molecule has 0 amide bonds. The molecule has 78 valence electrons. The summed E-state index contributed by atoms with van der Waals surface area (Å²) in [5.41, 5.74) is 3.06. The highest BCUT2D eigenvalue weighted by molar-refractivity contribution is 9.13. The van der Waals surface area contributed by atoms with Crippen molar-refractivity contribution < 1.29 is 0 Å². The second-order valence-corrected chi connectivity index (χ2v) is 5.47. The van der Waals surface area contributed by atoms with E-state index in [1.54, 1.807) is 0 Å². The van der Waals surface area contributed by atoms with Crippen LogP contribution in [0.4, 0.5) is 0 Å². The molecule has 15 heavy (non-hydrogen) atoms. The van der Waals surface area contributed by atoms with Crippen LogP contribution < -0.4 is 0 Å². The Morgan fingerprint density at radius 2 is 1.80 bits per heavy atom. The van der Waals surface area contributed by atoms with E-state index >= 15 is 0 Å². The third kappa shape index (κ3) is 1.93. The summed E-state index contributed by atoms with van der Waals surface area (Å²) in [5, 5.41) is 1.77. The first-order valence-corrected chi connectivity index (χ1v) is 6.38. The second kappa shape index (κ2) is 4.04. The van der Waals surface area contributed by atoms with Crippen molar-refractivity contribution in [2.24, 2.45) is 0 Å². The van der Waals surface area contributed by atoms with E-state index in [2.05, 4.69) is 36.8 Å². The van der Waals surface area contributed by atoms with Gasteiger partial charge in [0.15, 0.2) is 0 Å². The number of aromatic nitrogens is 1. The lowest BCUT2D eigenvalue weighted by Gasteiger charge is -2.08. The van der Waals surface area contributed by atoms with Gasteiger partial charge in [0, 0.05) is 14.9 Å². The first-order chi connectivity index (χ1) is 7.00. The Bertz CT molecular complexity index is 552. The highest BCUT2D eigenvalue weighted by Crippen LogP contribution is 2.35. The van der Waals surface area contributed by atoms with Gasteiger partial charge in [-0.3, -0.25) is 4.98 Å². The van der Waals surface area contributed by atoms with E-state index < -0.39 is 0 Å². The Hall–Kier alpha value is -0.120. The van der Waals surface area contributed by atoms with E-state index in [9.17, 15) is 0 Å². The standard InChI is InChI=1S/C11H8Br2ClN/c1-5-3-7(14)4-8-10(13)9(12)6(2)15-11(5)8/h3-4H,1-2H3. The first kappa shape index (κ1) is 11.4. The van der Waals surface area contributed by atoms with Gasteiger partial charge in [-0.15, -0.1) is 0 Å². The molecule has 4 heteroatoms. The summed E-state index contributed by atoms with van der Waals surface area (Å²) >= 11 is 13.1. The fourth-order valence-electron chi connectivity index (χ4n) is 1.55. The zero-order chi connectivity index (χ0) is 11.2. The number of aryl methyl sites for hydroxylation is 2. The molecular formula is C11H8Br2ClN. The first-order valence-electron chi connectivity index (χ1n) is 4.42. The minimum atomic E-state index is 0.734. The topological polar surface area (TPSA) is 12.9 Å². The van der Waals surface area contributed by atoms with Crippen molar-refractivity contribution in [1.82, 2.24) is 4.98 Å². The molecule has 0 aliphatic carbocycles. The van der Waals surface area contributed by atoms with Gasteiger partial charge in [-0.25, -0.2) is 0 Å². The van der Waals surface area contributed by atoms with Crippen molar-refractivity contribution in [3.63, 3.8) is 0 Å². The minimum Gasteiger partial charge on any atom is -0.252 e. The SMILES string of the molecule is Cc1nc2c(C)cc(Cl)cc2c(Br)c1Br. The third-order valence-electron chi connectivity index (χ3n) is 2.29. The molecular weight excluding hydrogens is 341 g/mol. The number of benzene rings is 1. The molecule has 0 bridgehead atoms. The number of hydrogen-bond acceptors (Lipinski definition) is 1. The zero-order valence-electron chi connectivity index (χ0n) is 8.24. The molecule has 0 N–H and O–H groups in total. The Kier molecular flexibility index (Phi) is 3.06. The molecule has 0 fully saturated rings. The fraction of sp³-hybridized carbons (Fsp3) is 0.182. The largest absolute Gasteiger partial charge is 0.252 e. The predicted octanol–water partition coefficient (Wildman–Crippen LogP) is 5.03. The molecule has 0 radical (unpaired) electrons. The van der Waals surface area contributed by atoms with Gasteiger partial charge < -0.3 is 0 Å². The van der Waals surface area contributed by atoms with E-state index in [-0.39, 0.29) is 0 Å². The van der Waals surface area contributed by atoms with Crippen LogP contribution in [0.25, 0.3) is 10.9 Å². The van der Waals surface area contributed by atoms with Gasteiger partial charge in [-0.2, -0.15) is 0 Å². The Morgan fingerprint density at radius 3 is 2.47 bits per heavy atom. The van der Waals surface area contributed by atoms with Crippen molar-refractivity contribution in [2.45, 2.75) is 13.8 Å². The van der Waals surface area contributed by atoms with Crippen LogP contribution in [0, 0.1) is 13.8 Å². The summed E-state index contributed by atoms with van der Waals surface area (Å²) in [5.74, 6) is 0. The van der Waals surface area contributed by atoms with Crippen LogP contribution in [-0.4, -0.2) is 4.98 Å². The van der Waals surface area contributed by atoms with E-state index in [0.717, 1.165) is 36.1 Å². The number of halogens is 3. The third-order valence-corrected chi connectivity index (χ3v) is 4.84. The Balaban J connectivity index is 2.98. The summed E-state index contributed by atoms with van der Waals surface area (Å²) in [6, 6.07) is 3.85. The summed E-state index contributed by atoms with van der Waals surface area (Å²) in [6.07, 6.45) is 0. The van der Waals surface area contributed by atoms with Crippen LogP contribution in [0.5, 0.6) is 0 Å². The van der Waals surface area contributed by atoms with Crippen LogP contribution in [-0.2, 0) is 0 Å². The molecule has 0 saturated carbocycles. The summed E-state index contributed by atoms with van der Waals surface area (Å²) < 4.78 is 1.99. The average molecular weight is 349 g/mol. The average Bonchev–Trinajstić information content (AvgIpc) is 2.17. The van der Waals surface area contributed by atoms with Crippen molar-refractivity contribution in [3.8, 4) is 0 Å². The maximum absolute atomic E-state index is 6.02. The number of fused-ring (bicyclic) bond motifs is 1. The van der Waals surface area contributed by atoms with Gasteiger partial charge in [-0.05, 0) is 63.4 Å². The lowest BCUT2D eigenvalue weighted by Crippen LogP contribution is -1.90. The highest BCUT2D eigenvalue weighted by atomic mass is 79.9. The molecule has 2 aromatic rings. The lowest BCUT2D eigenvalue weighted by molar-refractivity contribution is 1.21. The smallest absolute Gasteiger partial charge is 0.0747 e. The van der Waals surface area contributed by atoms with Crippen LogP contribution in [0.1, 0.15) is 11.3 Å². The van der Waals surface area contributed by atoms with Crippen molar-refractivity contribution in [2.75, 3.05) is 0 Å². The highest BCUT2D eigenvalue weighted by Gasteiger charge is 2.10. The number of pyridine rings is 1. The van der Waals surface area contributed by atoms with Crippen LogP contribution in [0.3, 0.4) is 0 Å². The molecule has 1 aromatic carbocycles. The van der Waals surface area contributed by atoms with Gasteiger partial charge in [0.25, 0.3) is 0 Å². The second-order valence-electron chi connectivity index (χ2n) is 3.44. The quantitative estimate of drug-likeness (QED) is 0.650. The monoisotopic (exact) mass is 347 g/mol. The van der Waals surface area contributed by atoms with Gasteiger partial charge in [0.05, 0.1) is 15.7 Å². The van der Waals surface area contributed by atoms with Gasteiger partial charge in [0.2, 0.25) is 0 Å². The van der Waals surface area contributed by atoms with E-state index in [1.807, 2.05) is 26.0 Å². The van der Waals surface area contributed by atoms with Crippen molar-refractivity contribution in [3.05, 3.63) is 37.4 Å². The minimum absolute atomic E-state index is 0.734. The maximum Gasteiger partial charge on any atom is 0.0747 e. The molecule has 1 heterocycles. The van der Waals surface area contributed by atoms with E-state index in [0.29, 0.717) is 0 Å². The molecule has 0 spiro atoms. The lowest BCUT2D eigenvalue weighted by atomic mass is 10.1. The predicted molar refractivity (Wildman–Crippen MR) is 71.6 cm³/mol. The molecule has 0 saturated heterocycles. The Morgan fingerprint density at radius 1 is 1.13 bits per heavy atom. The van der Waals surface area contributed by atoms with Crippen molar-refractivity contribution in [1.29, 1.82) is 0 Å². The van der Waals surface area contributed by atoms with Crippen LogP contribution in [0.2, 0.25) is 5.02 Å².